The maximum absolute atomic E-state index is 10.9. The van der Waals surface area contributed by atoms with Crippen LogP contribution in [-0.4, -0.2) is 29.0 Å². The Kier molecular flexibility index (Phi) is 6.87. The largest absolute Gasteiger partial charge is 0.329 e. The van der Waals surface area contributed by atoms with Crippen LogP contribution in [0.25, 0.3) is 0 Å². The van der Waals surface area contributed by atoms with E-state index in [0.29, 0.717) is 25.0 Å². The van der Waals surface area contributed by atoms with Gasteiger partial charge in [-0.1, -0.05) is 24.6 Å². The van der Waals surface area contributed by atoms with E-state index in [-0.39, 0.29) is 23.1 Å². The second kappa shape index (κ2) is 7.94. The van der Waals surface area contributed by atoms with Gasteiger partial charge in [-0.05, 0) is 36.9 Å². The number of nitrogens with two attached hydrogens (primary N) is 1. The standard InChI is InChI=1S/C14H20ClN3O2.ClH/c1-10-3-2-6-17(14(10)8-16)9-11-4-5-12(15)13(7-11)18(19)20;/h4-5,7,10,14H,2-3,6,8-9,16H2,1H3;1H. The Labute approximate surface area is 136 Å². The lowest BCUT2D eigenvalue weighted by atomic mass is 9.90. The van der Waals surface area contributed by atoms with Gasteiger partial charge in [0.05, 0.1) is 4.92 Å². The number of halogens is 2. The second-order valence-corrected chi connectivity index (χ2v) is 5.84. The van der Waals surface area contributed by atoms with Crippen molar-refractivity contribution in [3.05, 3.63) is 38.9 Å². The van der Waals surface area contributed by atoms with Crippen LogP contribution >= 0.6 is 24.0 Å². The molecule has 2 unspecified atom stereocenters. The van der Waals surface area contributed by atoms with Gasteiger partial charge in [0.1, 0.15) is 5.02 Å². The summed E-state index contributed by atoms with van der Waals surface area (Å²) in [7, 11) is 0. The molecule has 2 N–H and O–H groups in total. The third-order valence-electron chi connectivity index (χ3n) is 4.07. The van der Waals surface area contributed by atoms with Crippen LogP contribution in [0.2, 0.25) is 5.02 Å². The van der Waals surface area contributed by atoms with Crippen LogP contribution in [0.1, 0.15) is 25.3 Å². The maximum atomic E-state index is 10.9. The second-order valence-electron chi connectivity index (χ2n) is 5.44. The third-order valence-corrected chi connectivity index (χ3v) is 4.38. The third kappa shape index (κ3) is 4.30. The zero-order chi connectivity index (χ0) is 14.7. The van der Waals surface area contributed by atoms with Crippen LogP contribution in [0.3, 0.4) is 0 Å². The molecule has 2 rings (SSSR count). The van der Waals surface area contributed by atoms with E-state index in [1.807, 2.05) is 6.07 Å². The molecular formula is C14H21Cl2N3O2. The molecule has 1 aliphatic heterocycles. The van der Waals surface area contributed by atoms with Crippen molar-refractivity contribution < 1.29 is 4.92 Å². The van der Waals surface area contributed by atoms with Crippen molar-refractivity contribution in [3.8, 4) is 0 Å². The number of nitro groups is 1. The average molecular weight is 334 g/mol. The molecule has 1 saturated heterocycles. The Balaban J connectivity index is 0.00000220. The SMILES string of the molecule is CC1CCCN(Cc2ccc(Cl)c([N+](=O)[O-])c2)C1CN.Cl. The molecule has 1 aromatic rings. The van der Waals surface area contributed by atoms with E-state index < -0.39 is 4.92 Å². The van der Waals surface area contributed by atoms with E-state index >= 15 is 0 Å². The van der Waals surface area contributed by atoms with E-state index in [9.17, 15) is 10.1 Å². The molecule has 1 heterocycles. The van der Waals surface area contributed by atoms with Gasteiger partial charge >= 0.3 is 0 Å². The molecule has 21 heavy (non-hydrogen) atoms. The van der Waals surface area contributed by atoms with Gasteiger partial charge in [-0.15, -0.1) is 12.4 Å². The number of rotatable bonds is 4. The first-order chi connectivity index (χ1) is 9.52. The minimum absolute atomic E-state index is 0. The summed E-state index contributed by atoms with van der Waals surface area (Å²) in [5, 5.41) is 11.1. The first-order valence-corrected chi connectivity index (χ1v) is 7.27. The van der Waals surface area contributed by atoms with Gasteiger partial charge in [0.25, 0.3) is 5.69 Å². The number of hydrogen-bond donors (Lipinski definition) is 1. The van der Waals surface area contributed by atoms with E-state index in [1.54, 1.807) is 12.1 Å². The topological polar surface area (TPSA) is 72.4 Å². The Morgan fingerprint density at radius 2 is 2.24 bits per heavy atom. The number of nitrogens with zero attached hydrogens (tertiary/aromatic N) is 2. The van der Waals surface area contributed by atoms with Crippen LogP contribution in [0, 0.1) is 16.0 Å². The zero-order valence-electron chi connectivity index (χ0n) is 12.0. The van der Waals surface area contributed by atoms with Crippen LogP contribution in [0.4, 0.5) is 5.69 Å². The lowest BCUT2D eigenvalue weighted by Crippen LogP contribution is -2.47. The molecular weight excluding hydrogens is 313 g/mol. The maximum Gasteiger partial charge on any atom is 0.288 e. The van der Waals surface area contributed by atoms with Crippen molar-refractivity contribution in [2.75, 3.05) is 13.1 Å². The Morgan fingerprint density at radius 1 is 1.52 bits per heavy atom. The molecule has 0 aromatic heterocycles. The number of nitro benzene ring substituents is 1. The van der Waals surface area contributed by atoms with Gasteiger partial charge in [-0.25, -0.2) is 0 Å². The first kappa shape index (κ1) is 18.2. The van der Waals surface area contributed by atoms with Crippen molar-refractivity contribution in [1.29, 1.82) is 0 Å². The first-order valence-electron chi connectivity index (χ1n) is 6.90. The molecule has 1 aromatic carbocycles. The van der Waals surface area contributed by atoms with Crippen molar-refractivity contribution in [3.63, 3.8) is 0 Å². The molecule has 0 radical (unpaired) electrons. The Bertz CT molecular complexity index is 499. The van der Waals surface area contributed by atoms with Crippen LogP contribution < -0.4 is 5.73 Å². The van der Waals surface area contributed by atoms with E-state index in [0.717, 1.165) is 18.5 Å². The van der Waals surface area contributed by atoms with Crippen LogP contribution in [-0.2, 0) is 6.54 Å². The molecule has 118 valence electrons. The lowest BCUT2D eigenvalue weighted by Gasteiger charge is -2.39. The fourth-order valence-electron chi connectivity index (χ4n) is 2.94. The van der Waals surface area contributed by atoms with E-state index in [2.05, 4.69) is 11.8 Å². The molecule has 5 nitrogen and oxygen atoms in total. The number of likely N-dealkylation sites (tertiary alicyclic amines) is 1. The van der Waals surface area contributed by atoms with Crippen molar-refractivity contribution in [2.24, 2.45) is 11.7 Å². The molecule has 0 bridgehead atoms. The highest BCUT2D eigenvalue weighted by Gasteiger charge is 2.27. The molecule has 7 heteroatoms. The summed E-state index contributed by atoms with van der Waals surface area (Å²) < 4.78 is 0. The van der Waals surface area contributed by atoms with Gasteiger partial charge in [-0.3, -0.25) is 15.0 Å². The zero-order valence-corrected chi connectivity index (χ0v) is 13.6. The summed E-state index contributed by atoms with van der Waals surface area (Å²) in [6.07, 6.45) is 2.34. The number of benzene rings is 1. The molecule has 0 aliphatic carbocycles. The highest BCUT2D eigenvalue weighted by atomic mass is 35.5. The summed E-state index contributed by atoms with van der Waals surface area (Å²) in [6.45, 7) is 4.51. The van der Waals surface area contributed by atoms with Gasteiger partial charge in [0.15, 0.2) is 0 Å². The molecule has 0 saturated carbocycles. The summed E-state index contributed by atoms with van der Waals surface area (Å²) in [5.41, 5.74) is 6.75. The van der Waals surface area contributed by atoms with Gasteiger partial charge in [-0.2, -0.15) is 0 Å². The number of hydrogen-bond acceptors (Lipinski definition) is 4. The predicted octanol–water partition coefficient (Wildman–Crippen LogP) is 3.23. The Hall–Kier alpha value is -0.880. The van der Waals surface area contributed by atoms with Gasteiger partial charge in [0, 0.05) is 25.2 Å². The normalized spacial score (nSPS) is 22.6. The summed E-state index contributed by atoms with van der Waals surface area (Å²) in [5.74, 6) is 0.566. The Morgan fingerprint density at radius 3 is 2.86 bits per heavy atom. The molecule has 1 fully saturated rings. The smallest absolute Gasteiger partial charge is 0.288 e. The summed E-state index contributed by atoms with van der Waals surface area (Å²) >= 11 is 5.84. The van der Waals surface area contributed by atoms with E-state index in [1.165, 1.54) is 6.42 Å². The molecule has 0 amide bonds. The molecule has 2 atom stereocenters. The molecule has 0 spiro atoms. The highest BCUT2D eigenvalue weighted by Crippen LogP contribution is 2.28. The highest BCUT2D eigenvalue weighted by molar-refractivity contribution is 6.32. The lowest BCUT2D eigenvalue weighted by molar-refractivity contribution is -0.384. The fraction of sp³-hybridized carbons (Fsp3) is 0.571. The quantitative estimate of drug-likeness (QED) is 0.678. The van der Waals surface area contributed by atoms with Crippen molar-refractivity contribution in [2.45, 2.75) is 32.4 Å². The number of piperidine rings is 1. The van der Waals surface area contributed by atoms with Crippen molar-refractivity contribution in [1.82, 2.24) is 4.90 Å². The predicted molar refractivity (Wildman–Crippen MR) is 87.0 cm³/mol. The minimum Gasteiger partial charge on any atom is -0.329 e. The average Bonchev–Trinajstić information content (AvgIpc) is 2.41. The van der Waals surface area contributed by atoms with Gasteiger partial charge in [0.2, 0.25) is 0 Å². The fourth-order valence-corrected chi connectivity index (χ4v) is 3.13. The van der Waals surface area contributed by atoms with Gasteiger partial charge < -0.3 is 5.73 Å². The van der Waals surface area contributed by atoms with Crippen molar-refractivity contribution >= 4 is 29.7 Å². The van der Waals surface area contributed by atoms with Crippen LogP contribution in [0.5, 0.6) is 0 Å². The summed E-state index contributed by atoms with van der Waals surface area (Å²) in [6, 6.07) is 5.36. The van der Waals surface area contributed by atoms with Crippen LogP contribution in [0.15, 0.2) is 18.2 Å². The van der Waals surface area contributed by atoms with E-state index in [4.69, 9.17) is 17.3 Å². The monoisotopic (exact) mass is 333 g/mol. The minimum atomic E-state index is -0.439. The summed E-state index contributed by atoms with van der Waals surface area (Å²) in [4.78, 5) is 12.8. The molecule has 1 aliphatic rings.